The summed E-state index contributed by atoms with van der Waals surface area (Å²) >= 11 is 1.70. The Morgan fingerprint density at radius 2 is 1.18 bits per heavy atom. The van der Waals surface area contributed by atoms with E-state index in [4.69, 9.17) is 13.5 Å². The van der Waals surface area contributed by atoms with Crippen molar-refractivity contribution in [3.05, 3.63) is 24.3 Å². The minimum absolute atomic E-state index is 0.176. The van der Waals surface area contributed by atoms with Gasteiger partial charge in [0.15, 0.2) is 0 Å². The second kappa shape index (κ2) is 13.2. The van der Waals surface area contributed by atoms with Crippen molar-refractivity contribution in [1.29, 1.82) is 0 Å². The molecule has 0 aromatic rings. The van der Waals surface area contributed by atoms with Gasteiger partial charge in [0.1, 0.15) is 0 Å². The van der Waals surface area contributed by atoms with Crippen molar-refractivity contribution < 1.29 is 43.9 Å². The van der Waals surface area contributed by atoms with Gasteiger partial charge in [-0.3, -0.25) is 0 Å². The molecule has 0 spiro atoms. The zero-order chi connectivity index (χ0) is 14.6. The van der Waals surface area contributed by atoms with Crippen LogP contribution in [0.2, 0.25) is 0 Å². The second-order valence-electron chi connectivity index (χ2n) is 3.34. The first-order valence-electron chi connectivity index (χ1n) is 4.66. The predicted molar refractivity (Wildman–Crippen MR) is 61.1 cm³/mol. The summed E-state index contributed by atoms with van der Waals surface area (Å²) in [6, 6.07) is 0. The average molecular weight is 279 g/mol. The molecule has 0 saturated heterocycles. The van der Waals surface area contributed by atoms with E-state index in [1.165, 1.54) is 13.8 Å². The number of rotatable bonds is 3. The fourth-order valence-electron chi connectivity index (χ4n) is 0. The van der Waals surface area contributed by atoms with Gasteiger partial charge in [-0.05, 0) is 13.8 Å². The van der Waals surface area contributed by atoms with E-state index in [0.717, 1.165) is 0 Å². The summed E-state index contributed by atoms with van der Waals surface area (Å²) in [5, 5.41) is 15.8. The molecule has 0 unspecified atom stereocenters. The van der Waals surface area contributed by atoms with E-state index in [9.17, 15) is 9.59 Å². The van der Waals surface area contributed by atoms with Crippen LogP contribution in [0.1, 0.15) is 27.7 Å². The topological polar surface area (TPSA) is 83.8 Å². The van der Waals surface area contributed by atoms with Crippen LogP contribution in [0.25, 0.3) is 0 Å². The Morgan fingerprint density at radius 1 is 1.06 bits per heavy atom. The molecule has 2 N–H and O–H groups in total. The third-order valence-corrected chi connectivity index (χ3v) is 1.70. The first-order valence-corrected chi connectivity index (χ1v) is 5.29. The summed E-state index contributed by atoms with van der Waals surface area (Å²) in [5.74, 6) is -1.87. The van der Waals surface area contributed by atoms with Crippen LogP contribution in [-0.4, -0.2) is 28.3 Å². The van der Waals surface area contributed by atoms with Crippen LogP contribution in [0.3, 0.4) is 0 Å². The van der Waals surface area contributed by atoms with E-state index in [1.54, 1.807) is 20.8 Å². The van der Waals surface area contributed by atoms with E-state index >= 15 is 0 Å². The van der Waals surface area contributed by atoms with Crippen LogP contribution in [0, 0.1) is 0 Å². The molecule has 0 aromatic carbocycles. The number of carboxylic acids is 2. The van der Waals surface area contributed by atoms with Gasteiger partial charge in [0.25, 0.3) is 0 Å². The fraction of sp³-hybridized carbons (Fsp3) is 0.455. The van der Waals surface area contributed by atoms with Crippen molar-refractivity contribution in [3.8, 4) is 0 Å². The van der Waals surface area contributed by atoms with Crippen LogP contribution in [0.4, 0.5) is 0 Å². The molecule has 0 amide bonds. The molecule has 0 rings (SSSR count). The molecule has 0 aromatic heterocycles. The van der Waals surface area contributed by atoms with Gasteiger partial charge in [0.05, 0.1) is 0 Å². The van der Waals surface area contributed by atoms with Gasteiger partial charge in [0.2, 0.25) is 0 Å². The maximum atomic E-state index is 9.60. The minimum atomic E-state index is -0.935. The molecule has 0 saturated carbocycles. The van der Waals surface area contributed by atoms with E-state index in [0.29, 0.717) is 6.10 Å². The van der Waals surface area contributed by atoms with E-state index in [2.05, 4.69) is 13.2 Å². The third-order valence-electron chi connectivity index (χ3n) is 0.966. The van der Waals surface area contributed by atoms with Crippen molar-refractivity contribution in [2.45, 2.75) is 33.8 Å². The van der Waals surface area contributed by atoms with Crippen molar-refractivity contribution in [3.63, 3.8) is 0 Å². The number of hydrogen-bond acceptors (Lipinski definition) is 3. The molecule has 97 valence electrons. The zero-order valence-electron chi connectivity index (χ0n) is 10.6. The Hall–Kier alpha value is -0.906. The molecule has 17 heavy (non-hydrogen) atoms. The molecular weight excluding hydrogens is 260 g/mol. The first kappa shape index (κ1) is 21.4. The first-order chi connectivity index (χ1) is 7.56. The van der Waals surface area contributed by atoms with Gasteiger partial charge >= 0.3 is 56.0 Å². The monoisotopic (exact) mass is 279 g/mol. The van der Waals surface area contributed by atoms with Crippen LogP contribution in [0.15, 0.2) is 24.3 Å². The molecule has 0 fully saturated rings. The SMILES string of the molecule is C=C(C)C(=O)O.C=C(C)C(=O)O.CC(C)[O][Ti]. The second-order valence-corrected chi connectivity index (χ2v) is 3.71. The predicted octanol–water partition coefficient (Wildman–Crippen LogP) is 2.17. The molecule has 6 heteroatoms. The Bertz CT molecular complexity index is 223. The summed E-state index contributed by atoms with van der Waals surface area (Å²) in [6.07, 6.45) is 0.384. The van der Waals surface area contributed by atoms with Gasteiger partial charge in [-0.2, -0.15) is 0 Å². The van der Waals surface area contributed by atoms with Gasteiger partial charge in [-0.1, -0.05) is 13.2 Å². The van der Waals surface area contributed by atoms with Crippen molar-refractivity contribution in [2.75, 3.05) is 0 Å². The summed E-state index contributed by atoms with van der Waals surface area (Å²) in [5.41, 5.74) is 0.352. The quantitative estimate of drug-likeness (QED) is 0.611. The van der Waals surface area contributed by atoms with Crippen LogP contribution in [-0.2, 0) is 33.7 Å². The number of carboxylic acid groups (broad SMARTS) is 2. The third kappa shape index (κ3) is 31.3. The molecule has 5 nitrogen and oxygen atoms in total. The Labute approximate surface area is 114 Å². The molecule has 0 bridgehead atoms. The molecule has 0 aliphatic heterocycles. The fourth-order valence-corrected chi connectivity index (χ4v) is 0. The number of carbonyl (C=O) groups is 2. The van der Waals surface area contributed by atoms with E-state index in [-0.39, 0.29) is 11.1 Å². The molecule has 0 aliphatic rings. The average Bonchev–Trinajstić information content (AvgIpc) is 2.19. The van der Waals surface area contributed by atoms with Crippen molar-refractivity contribution in [1.82, 2.24) is 0 Å². The standard InChI is InChI=1S/2C4H6O2.C3H7O.Ti/c2*1-3(2)4(5)6;1-3(2)4;/h2*1H2,2H3,(H,5,6);3H,1-2H3;/q;;-1;+1. The van der Waals surface area contributed by atoms with Crippen molar-refractivity contribution in [2.24, 2.45) is 0 Å². The molecular formula is C11H19O5Ti. The molecule has 0 heterocycles. The number of hydrogen-bond donors (Lipinski definition) is 2. The summed E-state index contributed by atoms with van der Waals surface area (Å²) in [7, 11) is 0. The van der Waals surface area contributed by atoms with E-state index in [1.807, 2.05) is 13.8 Å². The molecule has 0 atom stereocenters. The molecule has 0 radical (unpaired) electrons. The van der Waals surface area contributed by atoms with Gasteiger partial charge in [0, 0.05) is 11.1 Å². The normalized spacial score (nSPS) is 8.00. The van der Waals surface area contributed by atoms with Crippen molar-refractivity contribution >= 4 is 11.9 Å². The Balaban J connectivity index is -0.000000174. The van der Waals surface area contributed by atoms with Crippen LogP contribution in [0.5, 0.6) is 0 Å². The van der Waals surface area contributed by atoms with Crippen LogP contribution < -0.4 is 0 Å². The van der Waals surface area contributed by atoms with Gasteiger partial charge < -0.3 is 10.2 Å². The summed E-state index contributed by atoms with van der Waals surface area (Å²) in [6.45, 7) is 13.2. The Morgan fingerprint density at radius 3 is 1.18 bits per heavy atom. The van der Waals surface area contributed by atoms with E-state index < -0.39 is 11.9 Å². The number of aliphatic carboxylic acids is 2. The Kier molecular flexibility index (Phi) is 16.6. The zero-order valence-corrected chi connectivity index (χ0v) is 12.2. The van der Waals surface area contributed by atoms with Gasteiger partial charge in [-0.25, -0.2) is 9.59 Å². The summed E-state index contributed by atoms with van der Waals surface area (Å²) in [4.78, 5) is 19.2. The molecule has 0 aliphatic carbocycles. The van der Waals surface area contributed by atoms with Crippen LogP contribution >= 0.6 is 0 Å². The summed E-state index contributed by atoms with van der Waals surface area (Å²) < 4.78 is 4.75. The maximum absolute atomic E-state index is 9.60. The van der Waals surface area contributed by atoms with Gasteiger partial charge in [-0.15, -0.1) is 0 Å².